The molecule has 0 aliphatic heterocycles. The Kier molecular flexibility index (Phi) is 4.72. The van der Waals surface area contributed by atoms with Crippen LogP contribution in [0.1, 0.15) is 0 Å². The second kappa shape index (κ2) is 8.87. The molecule has 0 amide bonds. The maximum Gasteiger partial charge on any atom is 0.0566 e. The lowest BCUT2D eigenvalue weighted by Crippen LogP contribution is -1.79. The molecule has 3 nitrogen and oxygen atoms in total. The summed E-state index contributed by atoms with van der Waals surface area (Å²) in [5, 5.41) is 10.1. The first-order chi connectivity index (χ1) is 22.8. The smallest absolute Gasteiger partial charge is 0.0566 e. The van der Waals surface area contributed by atoms with Crippen molar-refractivity contribution in [1.29, 1.82) is 0 Å². The minimum atomic E-state index is 1.15. The zero-order valence-electron chi connectivity index (χ0n) is 24.6. The Bertz CT molecular complexity index is 3020. The van der Waals surface area contributed by atoms with Crippen molar-refractivity contribution in [2.45, 2.75) is 0 Å². The Hall–Kier alpha value is -5.84. The summed E-state index contributed by atoms with van der Waals surface area (Å²) in [4.78, 5) is 11.3. The predicted octanol–water partition coefficient (Wildman–Crippen LogP) is 12.3. The van der Waals surface area contributed by atoms with Crippen molar-refractivity contribution in [1.82, 2.24) is 15.0 Å². The molecule has 0 unspecified atom stereocenters. The zero-order valence-corrected chi connectivity index (χ0v) is 25.4. The third-order valence-electron chi connectivity index (χ3n) is 9.88. The lowest BCUT2D eigenvalue weighted by molar-refractivity contribution is 1.54. The van der Waals surface area contributed by atoms with Gasteiger partial charge in [0.25, 0.3) is 0 Å². The van der Waals surface area contributed by atoms with Gasteiger partial charge in [0.05, 0.1) is 11.0 Å². The molecule has 7 aromatic carbocycles. The van der Waals surface area contributed by atoms with Crippen molar-refractivity contribution in [3.8, 4) is 22.3 Å². The Morgan fingerprint density at radius 2 is 0.913 bits per heavy atom. The van der Waals surface area contributed by atoms with Crippen LogP contribution in [-0.4, -0.2) is 15.0 Å². The summed E-state index contributed by atoms with van der Waals surface area (Å²) >= 11 is 1.86. The first kappa shape index (κ1) is 24.5. The van der Waals surface area contributed by atoms with Crippen LogP contribution >= 0.6 is 11.3 Å². The van der Waals surface area contributed by atoms with Crippen molar-refractivity contribution >= 4 is 96.9 Å². The molecule has 0 aliphatic rings. The number of aromatic nitrogens is 3. The fraction of sp³-hybridized carbons (Fsp3) is 0. The summed E-state index contributed by atoms with van der Waals surface area (Å²) in [5.41, 5.74) is 11.9. The average molecular weight is 604 g/mol. The van der Waals surface area contributed by atoms with Gasteiger partial charge in [-0.3, -0.25) is 0 Å². The highest BCUT2D eigenvalue weighted by atomic mass is 32.1. The standard InChI is InChI=1S/C42H25N3S/c1-2-6-23(7-3-1)26-10-13-30-36(22-26)44-34-17-14-28-29-15-18-35-40(42(29)45-41(28)39(30)34)32-21-24(11-16-33(32)43-35)25-12-19-38-31(20-25)27-8-4-5-9-37(27)46-38/h1-22,43-45H. The molecule has 46 heavy (non-hydrogen) atoms. The van der Waals surface area contributed by atoms with Crippen LogP contribution in [0.2, 0.25) is 0 Å². The van der Waals surface area contributed by atoms with Crippen LogP contribution in [0.3, 0.4) is 0 Å². The molecule has 214 valence electrons. The predicted molar refractivity (Wildman–Crippen MR) is 198 cm³/mol. The van der Waals surface area contributed by atoms with Gasteiger partial charge in [0, 0.05) is 74.6 Å². The first-order valence-electron chi connectivity index (χ1n) is 15.7. The molecule has 0 radical (unpaired) electrons. The molecule has 3 N–H and O–H groups in total. The van der Waals surface area contributed by atoms with Crippen LogP contribution in [0.15, 0.2) is 133 Å². The second-order valence-corrected chi connectivity index (χ2v) is 13.5. The van der Waals surface area contributed by atoms with E-state index in [1.165, 1.54) is 85.8 Å². The van der Waals surface area contributed by atoms with Crippen LogP contribution in [0, 0.1) is 0 Å². The number of hydrogen-bond donors (Lipinski definition) is 3. The van der Waals surface area contributed by atoms with Gasteiger partial charge < -0.3 is 15.0 Å². The van der Waals surface area contributed by atoms with Gasteiger partial charge in [-0.2, -0.15) is 0 Å². The highest BCUT2D eigenvalue weighted by Crippen LogP contribution is 2.42. The first-order valence-corrected chi connectivity index (χ1v) is 16.5. The molecule has 0 saturated heterocycles. The van der Waals surface area contributed by atoms with Crippen LogP contribution in [-0.2, 0) is 0 Å². The Morgan fingerprint density at radius 1 is 0.326 bits per heavy atom. The van der Waals surface area contributed by atoms with E-state index < -0.39 is 0 Å². The topological polar surface area (TPSA) is 47.4 Å². The van der Waals surface area contributed by atoms with Gasteiger partial charge >= 0.3 is 0 Å². The van der Waals surface area contributed by atoms with Crippen molar-refractivity contribution < 1.29 is 0 Å². The maximum atomic E-state index is 3.93. The number of nitrogens with one attached hydrogen (secondary N) is 3. The van der Waals surface area contributed by atoms with Gasteiger partial charge in [-0.1, -0.05) is 84.9 Å². The van der Waals surface area contributed by atoms with Crippen molar-refractivity contribution in [3.05, 3.63) is 133 Å². The molecule has 11 rings (SSSR count). The van der Waals surface area contributed by atoms with E-state index in [9.17, 15) is 0 Å². The highest BCUT2D eigenvalue weighted by molar-refractivity contribution is 7.25. The van der Waals surface area contributed by atoms with Gasteiger partial charge in [0.15, 0.2) is 0 Å². The zero-order chi connectivity index (χ0) is 29.9. The Balaban J connectivity index is 1.14. The molecule has 0 atom stereocenters. The van der Waals surface area contributed by atoms with Crippen molar-refractivity contribution in [2.75, 3.05) is 0 Å². The molecule has 4 heteroatoms. The van der Waals surface area contributed by atoms with E-state index in [0.29, 0.717) is 0 Å². The lowest BCUT2D eigenvalue weighted by atomic mass is 10.00. The second-order valence-electron chi connectivity index (χ2n) is 12.4. The number of H-pyrrole nitrogens is 3. The Morgan fingerprint density at radius 3 is 1.74 bits per heavy atom. The van der Waals surface area contributed by atoms with Gasteiger partial charge in [-0.25, -0.2) is 0 Å². The molecule has 0 saturated carbocycles. The monoisotopic (exact) mass is 603 g/mol. The van der Waals surface area contributed by atoms with Gasteiger partial charge in [-0.15, -0.1) is 11.3 Å². The molecular formula is C42H25N3S. The number of aromatic amines is 3. The fourth-order valence-electron chi connectivity index (χ4n) is 7.72. The maximum absolute atomic E-state index is 3.93. The quantitative estimate of drug-likeness (QED) is 0.176. The number of thiophene rings is 1. The summed E-state index contributed by atoms with van der Waals surface area (Å²) in [6, 6.07) is 48.8. The summed E-state index contributed by atoms with van der Waals surface area (Å²) in [5.74, 6) is 0. The molecule has 11 aromatic rings. The average Bonchev–Trinajstić information content (AvgIpc) is 3.86. The molecule has 4 heterocycles. The van der Waals surface area contributed by atoms with E-state index in [2.05, 4.69) is 148 Å². The molecule has 0 bridgehead atoms. The van der Waals surface area contributed by atoms with Crippen LogP contribution in [0.5, 0.6) is 0 Å². The van der Waals surface area contributed by atoms with E-state index in [0.717, 1.165) is 22.1 Å². The van der Waals surface area contributed by atoms with Gasteiger partial charge in [0.2, 0.25) is 0 Å². The van der Waals surface area contributed by atoms with E-state index in [1.807, 2.05) is 11.3 Å². The van der Waals surface area contributed by atoms with Crippen molar-refractivity contribution in [3.63, 3.8) is 0 Å². The summed E-state index contributed by atoms with van der Waals surface area (Å²) in [6.07, 6.45) is 0. The minimum Gasteiger partial charge on any atom is -0.354 e. The van der Waals surface area contributed by atoms with Gasteiger partial charge in [0.1, 0.15) is 0 Å². The number of rotatable bonds is 2. The fourth-order valence-corrected chi connectivity index (χ4v) is 8.80. The molecule has 4 aromatic heterocycles. The molecular weight excluding hydrogens is 579 g/mol. The number of benzene rings is 7. The van der Waals surface area contributed by atoms with Crippen LogP contribution in [0.4, 0.5) is 0 Å². The van der Waals surface area contributed by atoms with Crippen LogP contribution in [0.25, 0.3) is 108 Å². The minimum absolute atomic E-state index is 1.15. The summed E-state index contributed by atoms with van der Waals surface area (Å²) in [7, 11) is 0. The van der Waals surface area contributed by atoms with Gasteiger partial charge in [-0.05, 0) is 70.8 Å². The molecule has 0 spiro atoms. The Labute approximate surface area is 266 Å². The normalized spacial score (nSPS) is 12.3. The van der Waals surface area contributed by atoms with Crippen LogP contribution < -0.4 is 0 Å². The largest absolute Gasteiger partial charge is 0.354 e. The number of hydrogen-bond acceptors (Lipinski definition) is 1. The molecule has 0 aliphatic carbocycles. The van der Waals surface area contributed by atoms with E-state index in [-0.39, 0.29) is 0 Å². The van der Waals surface area contributed by atoms with E-state index >= 15 is 0 Å². The van der Waals surface area contributed by atoms with E-state index in [4.69, 9.17) is 0 Å². The lowest BCUT2D eigenvalue weighted by Gasteiger charge is -2.04. The third-order valence-corrected chi connectivity index (χ3v) is 11.0. The van der Waals surface area contributed by atoms with E-state index in [1.54, 1.807) is 0 Å². The number of fused-ring (bicyclic) bond motifs is 14. The third kappa shape index (κ3) is 3.31. The highest BCUT2D eigenvalue weighted by Gasteiger charge is 2.17. The SMILES string of the molecule is c1ccc(-c2ccc3c(c2)[nH]c2ccc4c5ccc6[nH]c7ccc(-c8ccc9sc%10ccccc%10c9c8)cc7c6c5[nH]c4c23)cc1. The summed E-state index contributed by atoms with van der Waals surface area (Å²) < 4.78 is 2.67. The summed E-state index contributed by atoms with van der Waals surface area (Å²) in [6.45, 7) is 0. The van der Waals surface area contributed by atoms with Crippen molar-refractivity contribution in [2.24, 2.45) is 0 Å². The molecule has 0 fully saturated rings.